The number of hydrogen-bond acceptors (Lipinski definition) is 5. The molecule has 0 aliphatic heterocycles. The van der Waals surface area contributed by atoms with Crippen molar-refractivity contribution in [1.29, 1.82) is 0 Å². The van der Waals surface area contributed by atoms with Gasteiger partial charge < -0.3 is 9.47 Å². The molecule has 9 heteroatoms. The van der Waals surface area contributed by atoms with Crippen LogP contribution in [-0.4, -0.2) is 24.7 Å². The first-order chi connectivity index (χ1) is 15.3. The number of carbonyl (C=O) groups excluding carboxylic acids is 2. The number of esters is 1. The molecule has 32 heavy (non-hydrogen) atoms. The van der Waals surface area contributed by atoms with Gasteiger partial charge in [0.05, 0.1) is 16.3 Å². The maximum absolute atomic E-state index is 12.6. The lowest BCUT2D eigenvalue weighted by Crippen LogP contribution is -2.24. The highest BCUT2D eigenvalue weighted by Gasteiger charge is 2.15. The molecule has 0 aliphatic rings. The summed E-state index contributed by atoms with van der Waals surface area (Å²) in [6.45, 7) is 1.71. The van der Waals surface area contributed by atoms with E-state index in [1.165, 1.54) is 6.21 Å². The van der Waals surface area contributed by atoms with Crippen molar-refractivity contribution in [3.63, 3.8) is 0 Å². The normalized spacial score (nSPS) is 10.8. The predicted octanol–water partition coefficient (Wildman–Crippen LogP) is 6.03. The molecule has 3 aromatic carbocycles. The van der Waals surface area contributed by atoms with E-state index in [1.807, 2.05) is 31.2 Å². The first kappa shape index (κ1) is 24.2. The van der Waals surface area contributed by atoms with Crippen molar-refractivity contribution in [1.82, 2.24) is 5.43 Å². The second-order valence-corrected chi connectivity index (χ2v) is 9.24. The molecular weight excluding hydrogens is 608 g/mol. The SMILES string of the molecule is Cc1ccccc1OCC(=O)NN=Cc1cc(Br)cc(Br)c1OC(=O)c1cccc(Br)c1. The lowest BCUT2D eigenvalue weighted by Gasteiger charge is -2.11. The fourth-order valence-electron chi connectivity index (χ4n) is 2.62. The minimum Gasteiger partial charge on any atom is -0.483 e. The number of rotatable bonds is 7. The third kappa shape index (κ3) is 6.75. The summed E-state index contributed by atoms with van der Waals surface area (Å²) in [5.41, 5.74) is 4.21. The maximum atomic E-state index is 12.6. The van der Waals surface area contributed by atoms with Gasteiger partial charge in [0.2, 0.25) is 0 Å². The van der Waals surface area contributed by atoms with Crippen LogP contribution in [0.1, 0.15) is 21.5 Å². The van der Waals surface area contributed by atoms with Crippen molar-refractivity contribution in [2.24, 2.45) is 5.10 Å². The molecular formula is C23H17Br3N2O4. The summed E-state index contributed by atoms with van der Waals surface area (Å²) >= 11 is 10.1. The van der Waals surface area contributed by atoms with Gasteiger partial charge in [0, 0.05) is 14.5 Å². The van der Waals surface area contributed by atoms with Crippen molar-refractivity contribution in [2.45, 2.75) is 6.92 Å². The number of amides is 1. The van der Waals surface area contributed by atoms with Crippen LogP contribution < -0.4 is 14.9 Å². The summed E-state index contributed by atoms with van der Waals surface area (Å²) in [4.78, 5) is 24.7. The summed E-state index contributed by atoms with van der Waals surface area (Å²) in [6, 6.07) is 17.8. The van der Waals surface area contributed by atoms with E-state index in [9.17, 15) is 9.59 Å². The molecule has 0 aliphatic carbocycles. The predicted molar refractivity (Wildman–Crippen MR) is 133 cm³/mol. The van der Waals surface area contributed by atoms with Gasteiger partial charge in [0.25, 0.3) is 5.91 Å². The van der Waals surface area contributed by atoms with E-state index in [2.05, 4.69) is 58.3 Å². The lowest BCUT2D eigenvalue weighted by molar-refractivity contribution is -0.123. The molecule has 0 atom stereocenters. The number of carbonyl (C=O) groups is 2. The summed E-state index contributed by atoms with van der Waals surface area (Å²) < 4.78 is 13.1. The van der Waals surface area contributed by atoms with Gasteiger partial charge in [-0.15, -0.1) is 0 Å². The van der Waals surface area contributed by atoms with Crippen molar-refractivity contribution in [3.05, 3.63) is 90.8 Å². The molecule has 164 valence electrons. The van der Waals surface area contributed by atoms with Crippen LogP contribution in [0.15, 0.2) is 79.2 Å². The fraction of sp³-hybridized carbons (Fsp3) is 0.0870. The van der Waals surface area contributed by atoms with Crippen LogP contribution >= 0.6 is 47.8 Å². The summed E-state index contributed by atoms with van der Waals surface area (Å²) in [5.74, 6) is -0.0532. The van der Waals surface area contributed by atoms with Gasteiger partial charge in [-0.05, 0) is 64.8 Å². The number of hydrazone groups is 1. The van der Waals surface area contributed by atoms with Crippen LogP contribution in [0.25, 0.3) is 0 Å². The molecule has 0 aromatic heterocycles. The van der Waals surface area contributed by atoms with E-state index in [-0.39, 0.29) is 12.4 Å². The molecule has 0 spiro atoms. The zero-order valence-corrected chi connectivity index (χ0v) is 21.5. The Morgan fingerprint density at radius 2 is 1.78 bits per heavy atom. The smallest absolute Gasteiger partial charge is 0.343 e. The summed E-state index contributed by atoms with van der Waals surface area (Å²) in [5, 5.41) is 3.97. The molecule has 0 saturated heterocycles. The van der Waals surface area contributed by atoms with Gasteiger partial charge in [0.1, 0.15) is 5.75 Å². The van der Waals surface area contributed by atoms with Crippen molar-refractivity contribution < 1.29 is 19.1 Å². The van der Waals surface area contributed by atoms with Gasteiger partial charge in [-0.1, -0.05) is 56.1 Å². The van der Waals surface area contributed by atoms with Crippen LogP contribution in [0.5, 0.6) is 11.5 Å². The molecule has 0 radical (unpaired) electrons. The van der Waals surface area contributed by atoms with Crippen LogP contribution in [0.4, 0.5) is 0 Å². The average Bonchev–Trinajstić information content (AvgIpc) is 2.75. The Labute approximate surface area is 210 Å². The van der Waals surface area contributed by atoms with E-state index >= 15 is 0 Å². The summed E-state index contributed by atoms with van der Waals surface area (Å²) in [7, 11) is 0. The largest absolute Gasteiger partial charge is 0.483 e. The Bertz CT molecular complexity index is 1180. The van der Waals surface area contributed by atoms with E-state index in [0.717, 1.165) is 14.5 Å². The topological polar surface area (TPSA) is 77.0 Å². The Morgan fingerprint density at radius 1 is 1.00 bits per heavy atom. The van der Waals surface area contributed by atoms with Crippen LogP contribution in [0.3, 0.4) is 0 Å². The number of ether oxygens (including phenoxy) is 2. The number of para-hydroxylation sites is 1. The second-order valence-electron chi connectivity index (χ2n) is 6.55. The number of benzene rings is 3. The van der Waals surface area contributed by atoms with Crippen LogP contribution in [-0.2, 0) is 4.79 Å². The zero-order chi connectivity index (χ0) is 23.1. The fourth-order valence-corrected chi connectivity index (χ4v) is 4.36. The Kier molecular flexibility index (Phi) is 8.60. The Morgan fingerprint density at radius 3 is 2.53 bits per heavy atom. The zero-order valence-electron chi connectivity index (χ0n) is 16.8. The molecule has 1 N–H and O–H groups in total. The quantitative estimate of drug-likeness (QED) is 0.151. The third-order valence-corrected chi connectivity index (χ3v) is 5.68. The number of aryl methyl sites for hydroxylation is 1. The number of nitrogens with one attached hydrogen (secondary N) is 1. The molecule has 6 nitrogen and oxygen atoms in total. The second kappa shape index (κ2) is 11.4. The van der Waals surface area contributed by atoms with E-state index in [0.29, 0.717) is 21.3 Å². The van der Waals surface area contributed by atoms with Gasteiger partial charge in [-0.3, -0.25) is 4.79 Å². The minimum absolute atomic E-state index is 0.185. The minimum atomic E-state index is -0.528. The van der Waals surface area contributed by atoms with Gasteiger partial charge in [-0.2, -0.15) is 5.10 Å². The van der Waals surface area contributed by atoms with Gasteiger partial charge >= 0.3 is 5.97 Å². The lowest BCUT2D eigenvalue weighted by atomic mass is 10.2. The van der Waals surface area contributed by atoms with Gasteiger partial charge in [0.15, 0.2) is 12.4 Å². The molecule has 3 rings (SSSR count). The molecule has 0 saturated carbocycles. The average molecular weight is 625 g/mol. The highest BCUT2D eigenvalue weighted by Crippen LogP contribution is 2.33. The van der Waals surface area contributed by atoms with E-state index in [1.54, 1.807) is 36.4 Å². The highest BCUT2D eigenvalue weighted by molar-refractivity contribution is 9.11. The molecule has 3 aromatic rings. The van der Waals surface area contributed by atoms with Crippen LogP contribution in [0.2, 0.25) is 0 Å². The van der Waals surface area contributed by atoms with Crippen molar-refractivity contribution in [3.8, 4) is 11.5 Å². The van der Waals surface area contributed by atoms with E-state index in [4.69, 9.17) is 9.47 Å². The highest BCUT2D eigenvalue weighted by atomic mass is 79.9. The Balaban J connectivity index is 1.69. The molecule has 0 fully saturated rings. The molecule has 0 bridgehead atoms. The number of halogens is 3. The van der Waals surface area contributed by atoms with Gasteiger partial charge in [-0.25, -0.2) is 10.2 Å². The summed E-state index contributed by atoms with van der Waals surface area (Å²) in [6.07, 6.45) is 1.39. The van der Waals surface area contributed by atoms with Crippen LogP contribution in [0, 0.1) is 6.92 Å². The monoisotopic (exact) mass is 622 g/mol. The van der Waals surface area contributed by atoms with Crippen molar-refractivity contribution >= 4 is 65.9 Å². The molecule has 0 unspecified atom stereocenters. The third-order valence-electron chi connectivity index (χ3n) is 4.14. The molecule has 1 amide bonds. The van der Waals surface area contributed by atoms with E-state index < -0.39 is 11.9 Å². The standard InChI is InChI=1S/C23H17Br3N2O4/c1-14-5-2-3-8-20(14)31-13-21(29)28-27-12-16-10-18(25)11-19(26)22(16)32-23(30)15-6-4-7-17(24)9-15/h2-12H,13H2,1H3,(H,28,29). The first-order valence-corrected chi connectivity index (χ1v) is 11.7. The molecule has 0 heterocycles. The number of hydrogen-bond donors (Lipinski definition) is 1. The Hall–Kier alpha value is -2.49. The van der Waals surface area contributed by atoms with Crippen molar-refractivity contribution in [2.75, 3.05) is 6.61 Å². The maximum Gasteiger partial charge on any atom is 0.343 e. The number of nitrogens with zero attached hydrogens (tertiary/aromatic N) is 1. The first-order valence-electron chi connectivity index (χ1n) is 9.30.